The molecule has 6 nitrogen and oxygen atoms in total. The molecule has 1 aromatic carbocycles. The van der Waals surface area contributed by atoms with E-state index in [0.29, 0.717) is 18.0 Å². The molecule has 25 heavy (non-hydrogen) atoms. The van der Waals surface area contributed by atoms with E-state index in [9.17, 15) is 14.7 Å². The number of aromatic nitrogens is 2. The number of amides is 1. The molecule has 7 heteroatoms. The third kappa shape index (κ3) is 3.93. The molecule has 2 N–H and O–H groups in total. The molecule has 1 aliphatic rings. The van der Waals surface area contributed by atoms with Gasteiger partial charge in [0.2, 0.25) is 11.0 Å². The van der Waals surface area contributed by atoms with E-state index < -0.39 is 17.8 Å². The van der Waals surface area contributed by atoms with E-state index in [2.05, 4.69) is 22.4 Å². The normalized spacial score (nSPS) is 19.6. The molecule has 0 saturated carbocycles. The molecular formula is C18H19N3O3S. The van der Waals surface area contributed by atoms with Gasteiger partial charge in [0.1, 0.15) is 5.01 Å². The van der Waals surface area contributed by atoms with Crippen molar-refractivity contribution in [1.29, 1.82) is 0 Å². The number of benzene rings is 1. The van der Waals surface area contributed by atoms with Crippen LogP contribution in [0.5, 0.6) is 0 Å². The van der Waals surface area contributed by atoms with Gasteiger partial charge in [-0.1, -0.05) is 54.7 Å². The van der Waals surface area contributed by atoms with Gasteiger partial charge in [0.05, 0.1) is 11.8 Å². The van der Waals surface area contributed by atoms with Crippen LogP contribution in [-0.4, -0.2) is 27.2 Å². The van der Waals surface area contributed by atoms with Gasteiger partial charge in [0.25, 0.3) is 0 Å². The Hall–Kier alpha value is -2.54. The molecule has 2 aromatic rings. The van der Waals surface area contributed by atoms with Crippen molar-refractivity contribution in [2.75, 3.05) is 5.32 Å². The molecule has 130 valence electrons. The van der Waals surface area contributed by atoms with E-state index >= 15 is 0 Å². The Morgan fingerprint density at radius 1 is 1.16 bits per heavy atom. The lowest BCUT2D eigenvalue weighted by molar-refractivity contribution is -0.146. The lowest BCUT2D eigenvalue weighted by Gasteiger charge is -2.23. The van der Waals surface area contributed by atoms with Crippen molar-refractivity contribution >= 4 is 28.3 Å². The number of hydrogen-bond acceptors (Lipinski definition) is 5. The van der Waals surface area contributed by atoms with Crippen LogP contribution in [0.1, 0.15) is 25.3 Å². The number of nitrogens with one attached hydrogen (secondary N) is 1. The molecule has 2 unspecified atom stereocenters. The number of carbonyl (C=O) groups is 2. The van der Waals surface area contributed by atoms with Gasteiger partial charge in [-0.15, -0.1) is 10.2 Å². The molecule has 1 aromatic heterocycles. The van der Waals surface area contributed by atoms with E-state index in [4.69, 9.17) is 0 Å². The fraction of sp³-hybridized carbons (Fsp3) is 0.333. The smallest absolute Gasteiger partial charge is 0.307 e. The zero-order chi connectivity index (χ0) is 17.8. The predicted molar refractivity (Wildman–Crippen MR) is 96.3 cm³/mol. The van der Waals surface area contributed by atoms with Crippen LogP contribution in [0.2, 0.25) is 0 Å². The van der Waals surface area contributed by atoms with E-state index in [-0.39, 0.29) is 5.91 Å². The van der Waals surface area contributed by atoms with Gasteiger partial charge < -0.3 is 10.4 Å². The standard InChI is InChI=1S/C18H19N3O3S/c1-2-11-7-9-12(10-8-11)16-20-21-18(25-16)19-15(22)13-5-3-4-6-14(13)17(23)24/h3-4,7-10,13-14H,2,5-6H2,1H3,(H,23,24)(H,19,21,22). The van der Waals surface area contributed by atoms with Crippen LogP contribution in [0, 0.1) is 11.8 Å². The lowest BCUT2D eigenvalue weighted by atomic mass is 9.82. The van der Waals surface area contributed by atoms with E-state index in [0.717, 1.165) is 17.0 Å². The quantitative estimate of drug-likeness (QED) is 0.801. The van der Waals surface area contributed by atoms with Gasteiger partial charge in [0, 0.05) is 5.56 Å². The molecule has 1 aliphatic carbocycles. The highest BCUT2D eigenvalue weighted by atomic mass is 32.1. The summed E-state index contributed by atoms with van der Waals surface area (Å²) in [5, 5.41) is 21.2. The van der Waals surface area contributed by atoms with Crippen LogP contribution in [-0.2, 0) is 16.0 Å². The number of carboxylic acids is 1. The average molecular weight is 357 g/mol. The second-order valence-electron chi connectivity index (χ2n) is 5.95. The van der Waals surface area contributed by atoms with Crippen molar-refractivity contribution in [3.63, 3.8) is 0 Å². The van der Waals surface area contributed by atoms with Gasteiger partial charge in [-0.25, -0.2) is 0 Å². The molecule has 2 atom stereocenters. The van der Waals surface area contributed by atoms with Crippen LogP contribution in [0.25, 0.3) is 10.6 Å². The van der Waals surface area contributed by atoms with Gasteiger partial charge in [0.15, 0.2) is 0 Å². The van der Waals surface area contributed by atoms with Crippen LogP contribution >= 0.6 is 11.3 Å². The highest BCUT2D eigenvalue weighted by Crippen LogP contribution is 2.30. The maximum atomic E-state index is 12.4. The minimum atomic E-state index is -0.946. The summed E-state index contributed by atoms with van der Waals surface area (Å²) in [6.07, 6.45) is 5.43. The molecule has 0 radical (unpaired) electrons. The first-order valence-corrected chi connectivity index (χ1v) is 9.01. The Morgan fingerprint density at radius 3 is 2.48 bits per heavy atom. The topological polar surface area (TPSA) is 92.2 Å². The molecule has 0 bridgehead atoms. The van der Waals surface area contributed by atoms with E-state index in [1.165, 1.54) is 16.9 Å². The number of aliphatic carboxylic acids is 1. The minimum absolute atomic E-state index is 0.319. The maximum Gasteiger partial charge on any atom is 0.307 e. The van der Waals surface area contributed by atoms with Crippen molar-refractivity contribution < 1.29 is 14.7 Å². The summed E-state index contributed by atoms with van der Waals surface area (Å²) in [6.45, 7) is 2.10. The molecule has 1 amide bonds. The SMILES string of the molecule is CCc1ccc(-c2nnc(NC(=O)C3CC=CCC3C(=O)O)s2)cc1. The van der Waals surface area contributed by atoms with Crippen LogP contribution < -0.4 is 5.32 Å². The fourth-order valence-electron chi connectivity index (χ4n) is 2.85. The Kier molecular flexibility index (Phi) is 5.23. The Morgan fingerprint density at radius 2 is 1.84 bits per heavy atom. The van der Waals surface area contributed by atoms with Gasteiger partial charge >= 0.3 is 5.97 Å². The molecular weight excluding hydrogens is 338 g/mol. The summed E-state index contributed by atoms with van der Waals surface area (Å²) >= 11 is 1.28. The second kappa shape index (κ2) is 7.57. The summed E-state index contributed by atoms with van der Waals surface area (Å²) in [5.74, 6) is -2.54. The van der Waals surface area contributed by atoms with E-state index in [1.54, 1.807) is 0 Å². The summed E-state index contributed by atoms with van der Waals surface area (Å²) in [7, 11) is 0. The van der Waals surface area contributed by atoms with E-state index in [1.807, 2.05) is 36.4 Å². The Balaban J connectivity index is 1.71. The highest BCUT2D eigenvalue weighted by Gasteiger charge is 2.34. The van der Waals surface area contributed by atoms with Crippen LogP contribution in [0.3, 0.4) is 0 Å². The third-order valence-corrected chi connectivity index (χ3v) is 5.24. The first-order chi connectivity index (χ1) is 12.1. The second-order valence-corrected chi connectivity index (χ2v) is 6.92. The lowest BCUT2D eigenvalue weighted by Crippen LogP contribution is -2.34. The van der Waals surface area contributed by atoms with Gasteiger partial charge in [-0.3, -0.25) is 9.59 Å². The van der Waals surface area contributed by atoms with Crippen LogP contribution in [0.4, 0.5) is 5.13 Å². The van der Waals surface area contributed by atoms with Crippen molar-refractivity contribution in [3.8, 4) is 10.6 Å². The summed E-state index contributed by atoms with van der Waals surface area (Å²) in [5.41, 5.74) is 2.19. The first kappa shape index (κ1) is 17.3. The van der Waals surface area contributed by atoms with Gasteiger partial charge in [-0.05, 0) is 24.8 Å². The third-order valence-electron chi connectivity index (χ3n) is 4.35. The zero-order valence-electron chi connectivity index (χ0n) is 13.8. The maximum absolute atomic E-state index is 12.4. The minimum Gasteiger partial charge on any atom is -0.481 e. The molecule has 1 heterocycles. The number of anilines is 1. The first-order valence-electron chi connectivity index (χ1n) is 8.20. The number of aryl methyl sites for hydroxylation is 1. The average Bonchev–Trinajstić information content (AvgIpc) is 3.10. The number of carboxylic acid groups (broad SMARTS) is 1. The fourth-order valence-corrected chi connectivity index (χ4v) is 3.60. The number of allylic oxidation sites excluding steroid dienone is 2. The molecule has 0 spiro atoms. The highest BCUT2D eigenvalue weighted by molar-refractivity contribution is 7.18. The Bertz CT molecular complexity index is 798. The monoisotopic (exact) mass is 357 g/mol. The van der Waals surface area contributed by atoms with Crippen molar-refractivity contribution in [1.82, 2.24) is 10.2 Å². The summed E-state index contributed by atoms with van der Waals surface area (Å²) in [6, 6.07) is 8.05. The molecule has 0 aliphatic heterocycles. The summed E-state index contributed by atoms with van der Waals surface area (Å²) in [4.78, 5) is 23.8. The molecule has 3 rings (SSSR count). The molecule has 0 fully saturated rings. The predicted octanol–water partition coefficient (Wildman–Crippen LogP) is 3.37. The molecule has 0 saturated heterocycles. The van der Waals surface area contributed by atoms with Crippen molar-refractivity contribution in [2.45, 2.75) is 26.2 Å². The zero-order valence-corrected chi connectivity index (χ0v) is 14.6. The van der Waals surface area contributed by atoms with Crippen LogP contribution in [0.15, 0.2) is 36.4 Å². The van der Waals surface area contributed by atoms with Crippen molar-refractivity contribution in [2.24, 2.45) is 11.8 Å². The van der Waals surface area contributed by atoms with Gasteiger partial charge in [-0.2, -0.15) is 0 Å². The summed E-state index contributed by atoms with van der Waals surface area (Å²) < 4.78 is 0. The Labute approximate surface area is 149 Å². The number of nitrogens with zero attached hydrogens (tertiary/aromatic N) is 2. The van der Waals surface area contributed by atoms with Crippen molar-refractivity contribution in [3.05, 3.63) is 42.0 Å². The number of carbonyl (C=O) groups excluding carboxylic acids is 1. The number of rotatable bonds is 5. The number of hydrogen-bond donors (Lipinski definition) is 2. The largest absolute Gasteiger partial charge is 0.481 e.